The van der Waals surface area contributed by atoms with Gasteiger partial charge in [-0.05, 0) is 38.3 Å². The molecule has 25 heavy (non-hydrogen) atoms. The van der Waals surface area contributed by atoms with Crippen molar-refractivity contribution < 1.29 is 23.4 Å². The highest BCUT2D eigenvalue weighted by molar-refractivity contribution is 7.92. The summed E-state index contributed by atoms with van der Waals surface area (Å²) in [5, 5.41) is 19.5. The molecule has 1 aromatic carbocycles. The van der Waals surface area contributed by atoms with Crippen LogP contribution in [0.2, 0.25) is 0 Å². The minimum atomic E-state index is -3.60. The molecule has 1 saturated heterocycles. The molecular weight excluding hydrogens is 344 g/mol. The van der Waals surface area contributed by atoms with Crippen LogP contribution in [0.4, 0.5) is 5.69 Å². The van der Waals surface area contributed by atoms with E-state index in [1.807, 2.05) is 6.92 Å². The van der Waals surface area contributed by atoms with E-state index >= 15 is 0 Å². The Hall–Kier alpha value is -1.64. The van der Waals surface area contributed by atoms with Crippen molar-refractivity contribution in [3.8, 4) is 0 Å². The first-order chi connectivity index (χ1) is 11.6. The second-order valence-corrected chi connectivity index (χ2v) is 8.63. The third-order valence-electron chi connectivity index (χ3n) is 4.57. The monoisotopic (exact) mass is 370 g/mol. The number of carbonyl (C=O) groups excluding carboxylic acids is 1. The Morgan fingerprint density at radius 2 is 1.88 bits per heavy atom. The SMILES string of the molecule is Cc1ccc(N(CC(=O)N2CCC[C@@](O)(CO)CC2)S(C)(=O)=O)cc1. The summed E-state index contributed by atoms with van der Waals surface area (Å²) in [5.41, 5.74) is 0.283. The van der Waals surface area contributed by atoms with Crippen LogP contribution in [0.1, 0.15) is 24.8 Å². The van der Waals surface area contributed by atoms with Crippen molar-refractivity contribution in [1.82, 2.24) is 4.90 Å². The summed E-state index contributed by atoms with van der Waals surface area (Å²) < 4.78 is 25.4. The van der Waals surface area contributed by atoms with Crippen LogP contribution in [0.5, 0.6) is 0 Å². The maximum Gasteiger partial charge on any atom is 0.243 e. The third-order valence-corrected chi connectivity index (χ3v) is 5.71. The van der Waals surface area contributed by atoms with E-state index in [0.717, 1.165) is 16.1 Å². The van der Waals surface area contributed by atoms with Gasteiger partial charge in [0.15, 0.2) is 0 Å². The molecule has 2 rings (SSSR count). The van der Waals surface area contributed by atoms with Gasteiger partial charge in [-0.1, -0.05) is 17.7 Å². The molecular formula is C17H26N2O5S. The lowest BCUT2D eigenvalue weighted by Crippen LogP contribution is -2.43. The number of sulfonamides is 1. The number of amides is 1. The van der Waals surface area contributed by atoms with Gasteiger partial charge in [-0.2, -0.15) is 0 Å². The fraction of sp³-hybridized carbons (Fsp3) is 0.588. The Morgan fingerprint density at radius 1 is 1.24 bits per heavy atom. The lowest BCUT2D eigenvalue weighted by atomic mass is 9.96. The van der Waals surface area contributed by atoms with Gasteiger partial charge < -0.3 is 15.1 Å². The molecule has 1 atom stereocenters. The summed E-state index contributed by atoms with van der Waals surface area (Å²) >= 11 is 0. The molecule has 1 fully saturated rings. The second-order valence-electron chi connectivity index (χ2n) is 6.72. The van der Waals surface area contributed by atoms with E-state index in [4.69, 9.17) is 0 Å². The predicted molar refractivity (Wildman–Crippen MR) is 95.8 cm³/mol. The average molecular weight is 370 g/mol. The molecule has 0 aromatic heterocycles. The maximum absolute atomic E-state index is 12.6. The summed E-state index contributed by atoms with van der Waals surface area (Å²) in [6.45, 7) is 2.01. The molecule has 0 spiro atoms. The number of hydrogen-bond donors (Lipinski definition) is 2. The second kappa shape index (κ2) is 7.72. The van der Waals surface area contributed by atoms with Crippen LogP contribution in [0, 0.1) is 6.92 Å². The van der Waals surface area contributed by atoms with Gasteiger partial charge in [0.25, 0.3) is 0 Å². The number of aliphatic hydroxyl groups is 2. The van der Waals surface area contributed by atoms with Crippen LogP contribution in [0.25, 0.3) is 0 Å². The summed E-state index contributed by atoms with van der Waals surface area (Å²) in [4.78, 5) is 14.2. The smallest absolute Gasteiger partial charge is 0.243 e. The van der Waals surface area contributed by atoms with Crippen molar-refractivity contribution >= 4 is 21.6 Å². The van der Waals surface area contributed by atoms with Gasteiger partial charge in [-0.25, -0.2) is 8.42 Å². The molecule has 0 saturated carbocycles. The molecule has 2 N–H and O–H groups in total. The number of anilines is 1. The molecule has 1 aliphatic heterocycles. The van der Waals surface area contributed by atoms with Crippen molar-refractivity contribution in [3.63, 3.8) is 0 Å². The lowest BCUT2D eigenvalue weighted by molar-refractivity contribution is -0.129. The van der Waals surface area contributed by atoms with Gasteiger partial charge >= 0.3 is 0 Å². The minimum absolute atomic E-state index is 0.276. The van der Waals surface area contributed by atoms with E-state index in [-0.39, 0.29) is 25.5 Å². The zero-order valence-corrected chi connectivity index (χ0v) is 15.5. The minimum Gasteiger partial charge on any atom is -0.393 e. The number of likely N-dealkylation sites (tertiary alicyclic amines) is 1. The molecule has 7 nitrogen and oxygen atoms in total. The fourth-order valence-electron chi connectivity index (χ4n) is 2.92. The van der Waals surface area contributed by atoms with Gasteiger partial charge in [-0.15, -0.1) is 0 Å². The number of nitrogens with zero attached hydrogens (tertiary/aromatic N) is 2. The first-order valence-electron chi connectivity index (χ1n) is 8.30. The van der Waals surface area contributed by atoms with Crippen LogP contribution in [-0.2, 0) is 14.8 Å². The zero-order valence-electron chi connectivity index (χ0n) is 14.7. The lowest BCUT2D eigenvalue weighted by Gasteiger charge is -2.27. The maximum atomic E-state index is 12.6. The van der Waals surface area contributed by atoms with Gasteiger partial charge in [0, 0.05) is 13.1 Å². The highest BCUT2D eigenvalue weighted by Crippen LogP contribution is 2.23. The van der Waals surface area contributed by atoms with Crippen molar-refractivity contribution in [2.24, 2.45) is 0 Å². The van der Waals surface area contributed by atoms with E-state index in [1.54, 1.807) is 29.2 Å². The van der Waals surface area contributed by atoms with Crippen LogP contribution in [-0.4, -0.2) is 67.5 Å². The Bertz CT molecular complexity index is 704. The molecule has 1 amide bonds. The molecule has 1 heterocycles. The third kappa shape index (κ3) is 5.17. The standard InChI is InChI=1S/C17H26N2O5S/c1-14-4-6-15(7-5-14)19(25(2,23)24)12-16(21)18-10-3-8-17(22,13-20)9-11-18/h4-7,20,22H,3,8-13H2,1-2H3/t17-/m0/s1. The number of benzene rings is 1. The Morgan fingerprint density at radius 3 is 2.44 bits per heavy atom. The van der Waals surface area contributed by atoms with Gasteiger partial charge in [0.05, 0.1) is 24.2 Å². The molecule has 1 aromatic rings. The predicted octanol–water partition coefficient (Wildman–Crippen LogP) is 0.497. The normalized spacial score (nSPS) is 21.7. The van der Waals surface area contributed by atoms with Crippen LogP contribution in [0.15, 0.2) is 24.3 Å². The number of hydrogen-bond acceptors (Lipinski definition) is 5. The quantitative estimate of drug-likeness (QED) is 0.786. The largest absolute Gasteiger partial charge is 0.393 e. The molecule has 1 aliphatic rings. The number of rotatable bonds is 5. The first kappa shape index (κ1) is 19.7. The summed E-state index contributed by atoms with van der Waals surface area (Å²) in [6, 6.07) is 6.95. The Kier molecular flexibility index (Phi) is 6.08. The topological polar surface area (TPSA) is 98.2 Å². The number of aryl methyl sites for hydroxylation is 1. The van der Waals surface area contributed by atoms with Crippen molar-refractivity contribution in [3.05, 3.63) is 29.8 Å². The van der Waals surface area contributed by atoms with Crippen molar-refractivity contribution in [2.45, 2.75) is 31.8 Å². The molecule has 0 bridgehead atoms. The highest BCUT2D eigenvalue weighted by Gasteiger charge is 2.32. The highest BCUT2D eigenvalue weighted by atomic mass is 32.2. The summed E-state index contributed by atoms with van der Waals surface area (Å²) in [7, 11) is -3.60. The zero-order chi connectivity index (χ0) is 18.7. The van der Waals surface area contributed by atoms with E-state index < -0.39 is 15.6 Å². The molecule has 0 radical (unpaired) electrons. The van der Waals surface area contributed by atoms with Crippen LogP contribution < -0.4 is 4.31 Å². The Balaban J connectivity index is 2.13. The fourth-order valence-corrected chi connectivity index (χ4v) is 3.77. The van der Waals surface area contributed by atoms with Gasteiger partial charge in [0.1, 0.15) is 6.54 Å². The molecule has 140 valence electrons. The van der Waals surface area contributed by atoms with Gasteiger partial charge in [0.2, 0.25) is 15.9 Å². The number of aliphatic hydroxyl groups excluding tert-OH is 1. The van der Waals surface area contributed by atoms with E-state index in [1.165, 1.54) is 0 Å². The van der Waals surface area contributed by atoms with Crippen molar-refractivity contribution in [2.75, 3.05) is 36.8 Å². The average Bonchev–Trinajstić information content (AvgIpc) is 2.75. The van der Waals surface area contributed by atoms with E-state index in [9.17, 15) is 23.4 Å². The van der Waals surface area contributed by atoms with E-state index in [0.29, 0.717) is 31.6 Å². The van der Waals surface area contributed by atoms with Crippen LogP contribution >= 0.6 is 0 Å². The summed E-state index contributed by atoms with van der Waals surface area (Å²) in [5.74, 6) is -0.312. The molecule has 0 unspecified atom stereocenters. The van der Waals surface area contributed by atoms with E-state index in [2.05, 4.69) is 0 Å². The molecule has 0 aliphatic carbocycles. The number of carbonyl (C=O) groups is 1. The Labute approximate surface area is 148 Å². The first-order valence-corrected chi connectivity index (χ1v) is 10.1. The van der Waals surface area contributed by atoms with Crippen molar-refractivity contribution in [1.29, 1.82) is 0 Å². The van der Waals surface area contributed by atoms with Crippen LogP contribution in [0.3, 0.4) is 0 Å². The van der Waals surface area contributed by atoms with Gasteiger partial charge in [-0.3, -0.25) is 9.10 Å². The molecule has 8 heteroatoms. The summed E-state index contributed by atoms with van der Waals surface area (Å²) in [6.07, 6.45) is 2.33.